The molecule has 5 heteroatoms. The maximum Gasteiger partial charge on any atom is 0.322 e. The van der Waals surface area contributed by atoms with Crippen LogP contribution in [0.1, 0.15) is 19.4 Å². The normalized spacial score (nSPS) is 22.6. The molecule has 0 aromatic heterocycles. The van der Waals surface area contributed by atoms with Crippen LogP contribution in [0.15, 0.2) is 24.3 Å². The van der Waals surface area contributed by atoms with Crippen molar-refractivity contribution in [1.29, 1.82) is 0 Å². The van der Waals surface area contributed by atoms with Gasteiger partial charge in [0, 0.05) is 18.0 Å². The van der Waals surface area contributed by atoms with Crippen molar-refractivity contribution < 1.29 is 9.53 Å². The van der Waals surface area contributed by atoms with E-state index in [1.54, 1.807) is 11.8 Å². The largest absolute Gasteiger partial charge is 0.375 e. The zero-order valence-electron chi connectivity index (χ0n) is 12.3. The number of hydrogen-bond donors (Lipinski definition) is 1. The molecule has 0 unspecified atom stereocenters. The van der Waals surface area contributed by atoms with Crippen molar-refractivity contribution in [2.45, 2.75) is 31.7 Å². The predicted molar refractivity (Wildman–Crippen MR) is 84.3 cm³/mol. The Morgan fingerprint density at radius 2 is 2.10 bits per heavy atom. The van der Waals surface area contributed by atoms with Gasteiger partial charge in [0.1, 0.15) is 0 Å². The molecule has 1 saturated heterocycles. The highest BCUT2D eigenvalue weighted by molar-refractivity contribution is 7.97. The third-order valence-electron chi connectivity index (χ3n) is 3.66. The van der Waals surface area contributed by atoms with Crippen molar-refractivity contribution in [1.82, 2.24) is 4.90 Å². The van der Waals surface area contributed by atoms with Gasteiger partial charge in [-0.1, -0.05) is 12.1 Å². The summed E-state index contributed by atoms with van der Waals surface area (Å²) in [4.78, 5) is 14.1. The molecule has 1 fully saturated rings. The van der Waals surface area contributed by atoms with Gasteiger partial charge in [-0.2, -0.15) is 11.8 Å². The Balaban J connectivity index is 1.96. The van der Waals surface area contributed by atoms with Gasteiger partial charge in [-0.15, -0.1) is 0 Å². The molecule has 0 spiro atoms. The zero-order chi connectivity index (χ0) is 14.5. The number of morpholine rings is 1. The number of amides is 2. The van der Waals surface area contributed by atoms with Crippen LogP contribution in [0.5, 0.6) is 0 Å². The molecule has 0 saturated carbocycles. The predicted octanol–water partition coefficient (Wildman–Crippen LogP) is 3.19. The van der Waals surface area contributed by atoms with E-state index in [9.17, 15) is 4.79 Å². The van der Waals surface area contributed by atoms with Gasteiger partial charge in [-0.05, 0) is 37.8 Å². The second-order valence-corrected chi connectivity index (χ2v) is 5.94. The van der Waals surface area contributed by atoms with Crippen LogP contribution >= 0.6 is 11.8 Å². The first kappa shape index (κ1) is 15.2. The van der Waals surface area contributed by atoms with E-state index in [1.807, 2.05) is 30.9 Å². The number of hydrogen-bond acceptors (Lipinski definition) is 3. The molecule has 2 rings (SSSR count). The van der Waals surface area contributed by atoms with E-state index >= 15 is 0 Å². The van der Waals surface area contributed by atoms with Crippen molar-refractivity contribution in [3.05, 3.63) is 29.8 Å². The summed E-state index contributed by atoms with van der Waals surface area (Å²) in [7, 11) is 0. The summed E-state index contributed by atoms with van der Waals surface area (Å²) in [5.74, 6) is 0.992. The van der Waals surface area contributed by atoms with E-state index in [-0.39, 0.29) is 18.2 Å². The minimum Gasteiger partial charge on any atom is -0.375 e. The SMILES string of the molecule is CSCc1ccc(NC(=O)N2CCO[C@@H](C)[C@@H]2C)cc1. The standard InChI is InChI=1S/C15H22N2O2S/c1-11-12(2)19-9-8-17(11)15(18)16-14-6-4-13(5-7-14)10-20-3/h4-7,11-12H,8-10H2,1-3H3,(H,16,18)/t11-,12-/m0/s1. The Morgan fingerprint density at radius 1 is 1.40 bits per heavy atom. The lowest BCUT2D eigenvalue weighted by Crippen LogP contribution is -2.52. The third kappa shape index (κ3) is 3.67. The molecule has 1 aliphatic rings. The van der Waals surface area contributed by atoms with E-state index in [4.69, 9.17) is 4.74 Å². The number of thioether (sulfide) groups is 1. The molecular weight excluding hydrogens is 272 g/mol. The minimum atomic E-state index is -0.0507. The molecule has 2 amide bonds. The number of nitrogens with one attached hydrogen (secondary N) is 1. The van der Waals surface area contributed by atoms with Crippen LogP contribution in [-0.2, 0) is 10.5 Å². The van der Waals surface area contributed by atoms with Crippen LogP contribution in [-0.4, -0.2) is 42.5 Å². The fourth-order valence-electron chi connectivity index (χ4n) is 2.27. The Labute approximate surface area is 124 Å². The lowest BCUT2D eigenvalue weighted by molar-refractivity contribution is -0.0355. The molecule has 0 bridgehead atoms. The third-order valence-corrected chi connectivity index (χ3v) is 4.28. The molecule has 20 heavy (non-hydrogen) atoms. The number of rotatable bonds is 3. The highest BCUT2D eigenvalue weighted by atomic mass is 32.2. The molecule has 1 aromatic carbocycles. The van der Waals surface area contributed by atoms with Crippen LogP contribution < -0.4 is 5.32 Å². The number of benzene rings is 1. The molecule has 1 aliphatic heterocycles. The van der Waals surface area contributed by atoms with Gasteiger partial charge >= 0.3 is 6.03 Å². The summed E-state index contributed by atoms with van der Waals surface area (Å²) in [6, 6.07) is 8.06. The number of carbonyl (C=O) groups excluding carboxylic acids is 1. The summed E-state index contributed by atoms with van der Waals surface area (Å²) in [5, 5.41) is 2.96. The highest BCUT2D eigenvalue weighted by Gasteiger charge is 2.28. The van der Waals surface area contributed by atoms with Crippen molar-refractivity contribution in [2.75, 3.05) is 24.7 Å². The molecule has 1 heterocycles. The summed E-state index contributed by atoms with van der Waals surface area (Å²) in [6.07, 6.45) is 2.16. The van der Waals surface area contributed by atoms with Crippen molar-refractivity contribution in [2.24, 2.45) is 0 Å². The van der Waals surface area contributed by atoms with Crippen molar-refractivity contribution in [3.63, 3.8) is 0 Å². The van der Waals surface area contributed by atoms with E-state index in [2.05, 4.69) is 23.7 Å². The molecular formula is C15H22N2O2S. The Kier molecular flexibility index (Phi) is 5.31. The van der Waals surface area contributed by atoms with Gasteiger partial charge in [0.2, 0.25) is 0 Å². The second kappa shape index (κ2) is 6.99. The molecule has 110 valence electrons. The highest BCUT2D eigenvalue weighted by Crippen LogP contribution is 2.17. The second-order valence-electron chi connectivity index (χ2n) is 5.07. The summed E-state index contributed by atoms with van der Waals surface area (Å²) in [6.45, 7) is 5.26. The topological polar surface area (TPSA) is 41.6 Å². The maximum atomic E-state index is 12.3. The minimum absolute atomic E-state index is 0.0507. The summed E-state index contributed by atoms with van der Waals surface area (Å²) < 4.78 is 5.54. The first-order chi connectivity index (χ1) is 9.61. The van der Waals surface area contributed by atoms with Crippen LogP contribution in [0.3, 0.4) is 0 Å². The van der Waals surface area contributed by atoms with Gasteiger partial charge < -0.3 is 15.0 Å². The number of carbonyl (C=O) groups is 1. The Bertz CT molecular complexity index is 450. The average Bonchev–Trinajstić information content (AvgIpc) is 2.44. The Hall–Kier alpha value is -1.20. The molecule has 1 N–H and O–H groups in total. The van der Waals surface area contributed by atoms with Crippen molar-refractivity contribution >= 4 is 23.5 Å². The first-order valence-electron chi connectivity index (χ1n) is 6.89. The van der Waals surface area contributed by atoms with Crippen LogP contribution in [0.2, 0.25) is 0 Å². The maximum absolute atomic E-state index is 12.3. The van der Waals surface area contributed by atoms with Crippen molar-refractivity contribution in [3.8, 4) is 0 Å². The number of anilines is 1. The number of ether oxygens (including phenoxy) is 1. The summed E-state index contributed by atoms with van der Waals surface area (Å²) in [5.41, 5.74) is 2.11. The molecule has 0 radical (unpaired) electrons. The lowest BCUT2D eigenvalue weighted by Gasteiger charge is -2.37. The lowest BCUT2D eigenvalue weighted by atomic mass is 10.1. The number of urea groups is 1. The van der Waals surface area contributed by atoms with Crippen LogP contribution in [0, 0.1) is 0 Å². The molecule has 4 nitrogen and oxygen atoms in total. The van der Waals surface area contributed by atoms with E-state index < -0.39 is 0 Å². The van der Waals surface area contributed by atoms with E-state index in [0.717, 1.165) is 11.4 Å². The van der Waals surface area contributed by atoms with Crippen LogP contribution in [0.25, 0.3) is 0 Å². The average molecular weight is 294 g/mol. The zero-order valence-corrected chi connectivity index (χ0v) is 13.1. The first-order valence-corrected chi connectivity index (χ1v) is 8.28. The van der Waals surface area contributed by atoms with Crippen LogP contribution in [0.4, 0.5) is 10.5 Å². The molecule has 2 atom stereocenters. The van der Waals surface area contributed by atoms with E-state index in [0.29, 0.717) is 13.2 Å². The Morgan fingerprint density at radius 3 is 2.75 bits per heavy atom. The molecule has 1 aromatic rings. The fraction of sp³-hybridized carbons (Fsp3) is 0.533. The summed E-state index contributed by atoms with van der Waals surface area (Å²) >= 11 is 1.79. The van der Waals surface area contributed by atoms with Gasteiger partial charge in [0.15, 0.2) is 0 Å². The number of nitrogens with zero attached hydrogens (tertiary/aromatic N) is 1. The van der Waals surface area contributed by atoms with Gasteiger partial charge in [-0.3, -0.25) is 0 Å². The quantitative estimate of drug-likeness (QED) is 0.931. The monoisotopic (exact) mass is 294 g/mol. The van der Waals surface area contributed by atoms with Gasteiger partial charge in [-0.25, -0.2) is 4.79 Å². The fourth-order valence-corrected chi connectivity index (χ4v) is 2.79. The van der Waals surface area contributed by atoms with Gasteiger partial charge in [0.25, 0.3) is 0 Å². The van der Waals surface area contributed by atoms with Gasteiger partial charge in [0.05, 0.1) is 18.8 Å². The smallest absolute Gasteiger partial charge is 0.322 e. The van der Waals surface area contributed by atoms with E-state index in [1.165, 1.54) is 5.56 Å². The molecule has 0 aliphatic carbocycles.